The lowest BCUT2D eigenvalue weighted by Crippen LogP contribution is -2.51. The zero-order valence-corrected chi connectivity index (χ0v) is 10.9. The fraction of sp³-hybridized carbons (Fsp3) is 0.818. The van der Waals surface area contributed by atoms with Gasteiger partial charge in [0, 0.05) is 39.3 Å². The molecule has 7 heteroatoms. The normalized spacial score (nSPS) is 16.4. The number of carbonyl (C=O) groups excluding carboxylic acids is 2. The summed E-state index contributed by atoms with van der Waals surface area (Å²) in [6.45, 7) is 6.06. The van der Waals surface area contributed by atoms with Crippen LogP contribution in [0.15, 0.2) is 0 Å². The van der Waals surface area contributed by atoms with Gasteiger partial charge in [0.15, 0.2) is 0 Å². The van der Waals surface area contributed by atoms with E-state index in [9.17, 15) is 9.59 Å². The zero-order chi connectivity index (χ0) is 13.4. The Kier molecular flexibility index (Phi) is 6.45. The van der Waals surface area contributed by atoms with E-state index in [-0.39, 0.29) is 12.0 Å². The Morgan fingerprint density at radius 1 is 1.28 bits per heavy atom. The zero-order valence-electron chi connectivity index (χ0n) is 10.9. The maximum absolute atomic E-state index is 11.5. The van der Waals surface area contributed by atoms with E-state index < -0.39 is 0 Å². The van der Waals surface area contributed by atoms with Crippen LogP contribution in [-0.2, 0) is 9.53 Å². The standard InChI is InChI=1S/C11H22N4O3/c1-2-18-11(17)15-7-5-14(6-8-15)9-10(16)13-4-3-12/h2-9,12H2,1H3,(H,13,16). The number of nitrogens with two attached hydrogens (primary N) is 1. The minimum absolute atomic E-state index is 0.0231. The van der Waals surface area contributed by atoms with Gasteiger partial charge in [0.2, 0.25) is 5.91 Å². The predicted octanol–water partition coefficient (Wildman–Crippen LogP) is -1.16. The first-order chi connectivity index (χ1) is 8.67. The average Bonchev–Trinajstić information content (AvgIpc) is 2.37. The van der Waals surface area contributed by atoms with E-state index in [0.717, 1.165) is 0 Å². The minimum atomic E-state index is -0.273. The van der Waals surface area contributed by atoms with Crippen LogP contribution in [0.25, 0.3) is 0 Å². The van der Waals surface area contributed by atoms with Crippen molar-refractivity contribution in [2.75, 3.05) is 52.4 Å². The van der Waals surface area contributed by atoms with Crippen LogP contribution in [0.2, 0.25) is 0 Å². The van der Waals surface area contributed by atoms with Crippen LogP contribution in [0.3, 0.4) is 0 Å². The van der Waals surface area contributed by atoms with Gasteiger partial charge in [0.05, 0.1) is 13.2 Å². The van der Waals surface area contributed by atoms with Crippen LogP contribution < -0.4 is 11.1 Å². The molecule has 1 rings (SSSR count). The van der Waals surface area contributed by atoms with Crippen molar-refractivity contribution in [3.05, 3.63) is 0 Å². The summed E-state index contributed by atoms with van der Waals surface area (Å²) in [4.78, 5) is 26.6. The van der Waals surface area contributed by atoms with Gasteiger partial charge < -0.3 is 20.7 Å². The maximum atomic E-state index is 11.5. The third-order valence-electron chi connectivity index (χ3n) is 2.73. The number of carbonyl (C=O) groups is 2. The molecule has 1 aliphatic rings. The second-order valence-electron chi connectivity index (χ2n) is 4.10. The van der Waals surface area contributed by atoms with E-state index in [2.05, 4.69) is 5.32 Å². The van der Waals surface area contributed by atoms with Gasteiger partial charge in [0.1, 0.15) is 0 Å². The Hall–Kier alpha value is -1.34. The molecule has 18 heavy (non-hydrogen) atoms. The first kappa shape index (κ1) is 14.7. The van der Waals surface area contributed by atoms with Crippen molar-refractivity contribution in [1.82, 2.24) is 15.1 Å². The Morgan fingerprint density at radius 3 is 2.50 bits per heavy atom. The van der Waals surface area contributed by atoms with Gasteiger partial charge in [-0.25, -0.2) is 4.79 Å². The largest absolute Gasteiger partial charge is 0.450 e. The molecule has 1 heterocycles. The van der Waals surface area contributed by atoms with Crippen molar-refractivity contribution in [3.63, 3.8) is 0 Å². The topological polar surface area (TPSA) is 87.9 Å². The highest BCUT2D eigenvalue weighted by atomic mass is 16.6. The molecule has 0 unspecified atom stereocenters. The molecule has 1 fully saturated rings. The summed E-state index contributed by atoms with van der Waals surface area (Å²) in [6, 6.07) is 0. The highest BCUT2D eigenvalue weighted by Gasteiger charge is 2.22. The quantitative estimate of drug-likeness (QED) is 0.649. The summed E-state index contributed by atoms with van der Waals surface area (Å²) in [5.41, 5.74) is 5.30. The van der Waals surface area contributed by atoms with Crippen molar-refractivity contribution in [2.24, 2.45) is 5.73 Å². The Labute approximate surface area is 107 Å². The summed E-state index contributed by atoms with van der Waals surface area (Å²) >= 11 is 0. The van der Waals surface area contributed by atoms with Gasteiger partial charge in [-0.1, -0.05) is 0 Å². The van der Waals surface area contributed by atoms with Crippen LogP contribution in [-0.4, -0.2) is 74.2 Å². The first-order valence-electron chi connectivity index (χ1n) is 6.28. The minimum Gasteiger partial charge on any atom is -0.450 e. The van der Waals surface area contributed by atoms with Gasteiger partial charge in [-0.05, 0) is 6.92 Å². The lowest BCUT2D eigenvalue weighted by atomic mass is 10.3. The molecule has 0 saturated carbocycles. The second-order valence-corrected chi connectivity index (χ2v) is 4.10. The van der Waals surface area contributed by atoms with E-state index >= 15 is 0 Å². The number of piperazine rings is 1. The van der Waals surface area contributed by atoms with Crippen LogP contribution in [0.1, 0.15) is 6.92 Å². The molecule has 3 N–H and O–H groups in total. The lowest BCUT2D eigenvalue weighted by Gasteiger charge is -2.33. The number of amides is 2. The number of nitrogens with one attached hydrogen (secondary N) is 1. The highest BCUT2D eigenvalue weighted by molar-refractivity contribution is 5.78. The molecule has 104 valence electrons. The van der Waals surface area contributed by atoms with Crippen molar-refractivity contribution < 1.29 is 14.3 Å². The molecule has 0 aromatic carbocycles. The molecule has 0 aliphatic carbocycles. The summed E-state index contributed by atoms with van der Waals surface area (Å²) in [5.74, 6) is -0.0231. The number of rotatable bonds is 5. The Morgan fingerprint density at radius 2 is 1.94 bits per heavy atom. The Balaban J connectivity index is 2.22. The summed E-state index contributed by atoms with van der Waals surface area (Å²) < 4.78 is 4.93. The molecular formula is C11H22N4O3. The number of nitrogens with zero attached hydrogens (tertiary/aromatic N) is 2. The fourth-order valence-corrected chi connectivity index (χ4v) is 1.77. The van der Waals surface area contributed by atoms with E-state index in [1.807, 2.05) is 4.90 Å². The smallest absolute Gasteiger partial charge is 0.409 e. The molecule has 7 nitrogen and oxygen atoms in total. The van der Waals surface area contributed by atoms with Crippen molar-refractivity contribution in [1.29, 1.82) is 0 Å². The molecule has 0 radical (unpaired) electrons. The number of hydrogen-bond acceptors (Lipinski definition) is 5. The van der Waals surface area contributed by atoms with E-state index in [4.69, 9.17) is 10.5 Å². The Bertz CT molecular complexity index is 277. The molecule has 0 aromatic heterocycles. The van der Waals surface area contributed by atoms with E-state index in [1.54, 1.807) is 11.8 Å². The molecule has 0 atom stereocenters. The van der Waals surface area contributed by atoms with Crippen LogP contribution in [0, 0.1) is 0 Å². The van der Waals surface area contributed by atoms with E-state index in [1.165, 1.54) is 0 Å². The number of hydrogen-bond donors (Lipinski definition) is 2. The average molecular weight is 258 g/mol. The lowest BCUT2D eigenvalue weighted by molar-refractivity contribution is -0.122. The molecule has 1 saturated heterocycles. The van der Waals surface area contributed by atoms with Gasteiger partial charge in [-0.3, -0.25) is 9.69 Å². The van der Waals surface area contributed by atoms with Crippen LogP contribution >= 0.6 is 0 Å². The van der Waals surface area contributed by atoms with Crippen molar-refractivity contribution in [2.45, 2.75) is 6.92 Å². The van der Waals surface area contributed by atoms with Gasteiger partial charge in [0.25, 0.3) is 0 Å². The van der Waals surface area contributed by atoms with Crippen molar-refractivity contribution >= 4 is 12.0 Å². The second kappa shape index (κ2) is 7.88. The fourth-order valence-electron chi connectivity index (χ4n) is 1.77. The predicted molar refractivity (Wildman–Crippen MR) is 67.1 cm³/mol. The first-order valence-corrected chi connectivity index (χ1v) is 6.28. The highest BCUT2D eigenvalue weighted by Crippen LogP contribution is 2.03. The third-order valence-corrected chi connectivity index (χ3v) is 2.73. The maximum Gasteiger partial charge on any atom is 0.409 e. The summed E-state index contributed by atoms with van der Waals surface area (Å²) in [5, 5.41) is 2.72. The SMILES string of the molecule is CCOC(=O)N1CCN(CC(=O)NCCN)CC1. The van der Waals surface area contributed by atoms with Crippen molar-refractivity contribution in [3.8, 4) is 0 Å². The van der Waals surface area contributed by atoms with Gasteiger partial charge >= 0.3 is 6.09 Å². The summed E-state index contributed by atoms with van der Waals surface area (Å²) in [6.07, 6.45) is -0.273. The molecular weight excluding hydrogens is 236 g/mol. The van der Waals surface area contributed by atoms with Crippen LogP contribution in [0.4, 0.5) is 4.79 Å². The van der Waals surface area contributed by atoms with Gasteiger partial charge in [-0.2, -0.15) is 0 Å². The number of ether oxygens (including phenoxy) is 1. The van der Waals surface area contributed by atoms with Crippen LogP contribution in [0.5, 0.6) is 0 Å². The molecule has 0 spiro atoms. The molecule has 0 bridgehead atoms. The monoisotopic (exact) mass is 258 g/mol. The van der Waals surface area contributed by atoms with Gasteiger partial charge in [-0.15, -0.1) is 0 Å². The summed E-state index contributed by atoms with van der Waals surface area (Å²) in [7, 11) is 0. The molecule has 1 aliphatic heterocycles. The molecule has 0 aromatic rings. The third kappa shape index (κ3) is 4.89. The molecule has 2 amide bonds. The van der Waals surface area contributed by atoms with E-state index in [0.29, 0.717) is 52.4 Å².